The van der Waals surface area contributed by atoms with Crippen LogP contribution in [-0.4, -0.2) is 118 Å². The Morgan fingerprint density at radius 1 is 0.983 bits per heavy atom. The smallest absolute Gasteiger partial charge is 0.408 e. The lowest BCUT2D eigenvalue weighted by atomic mass is 9.48. The summed E-state index contributed by atoms with van der Waals surface area (Å²) in [4.78, 5) is 66.8. The zero-order valence-corrected chi connectivity index (χ0v) is 34.6. The number of amides is 1. The Bertz CT molecular complexity index is 2020. The number of benzene rings is 2. The molecular formula is C44H53NO15. The Balaban J connectivity index is 1.36. The maximum atomic E-state index is 14.2. The van der Waals surface area contributed by atoms with E-state index in [-0.39, 0.29) is 18.6 Å². The van der Waals surface area contributed by atoms with Crippen molar-refractivity contribution >= 4 is 30.3 Å². The topological polar surface area (TPSA) is 223 Å². The second kappa shape index (κ2) is 16.0. The zero-order valence-electron chi connectivity index (χ0n) is 34.6. The quantitative estimate of drug-likeness (QED) is 0.123. The van der Waals surface area contributed by atoms with Crippen molar-refractivity contribution in [3.8, 4) is 0 Å². The molecule has 0 aromatic heterocycles. The van der Waals surface area contributed by atoms with Gasteiger partial charge in [0.15, 0.2) is 18.0 Å². The minimum atomic E-state index is -2.23. The first-order valence-corrected chi connectivity index (χ1v) is 20.1. The molecule has 1 amide bonds. The van der Waals surface area contributed by atoms with Gasteiger partial charge < -0.3 is 53.8 Å². The molecule has 13 atom stereocenters. The number of alkyl carbamates (subject to hydrolysis) is 1. The molecule has 5 aliphatic rings. The third kappa shape index (κ3) is 7.51. The largest absolute Gasteiger partial charge is 0.456 e. The number of hydrogen-bond acceptors (Lipinski definition) is 15. The predicted molar refractivity (Wildman–Crippen MR) is 208 cm³/mol. The summed E-state index contributed by atoms with van der Waals surface area (Å²) in [6.45, 7) is 11.1. The highest BCUT2D eigenvalue weighted by Crippen LogP contribution is 2.63. The summed E-state index contributed by atoms with van der Waals surface area (Å²) in [7, 11) is 0. The van der Waals surface area contributed by atoms with E-state index in [2.05, 4.69) is 5.32 Å². The maximum absolute atomic E-state index is 14.2. The Hall–Kier alpha value is -4.71. The molecule has 4 N–H and O–H groups in total. The van der Waals surface area contributed by atoms with Gasteiger partial charge in [0.05, 0.1) is 36.3 Å². The van der Waals surface area contributed by atoms with E-state index in [0.717, 1.165) is 0 Å². The average molecular weight is 836 g/mol. The monoisotopic (exact) mass is 835 g/mol. The first-order chi connectivity index (χ1) is 28.2. The number of aliphatic hydroxyl groups is 3. The molecule has 2 aliphatic heterocycles. The molecule has 3 aliphatic carbocycles. The number of carbonyl (C=O) groups excluding carboxylic acids is 5. The molecule has 16 nitrogen and oxygen atoms in total. The molecule has 324 valence electrons. The molecule has 2 heterocycles. The number of ether oxygens (including phenoxy) is 7. The van der Waals surface area contributed by atoms with Crippen LogP contribution in [-0.2, 0) is 47.5 Å². The minimum absolute atomic E-state index is 0.0238. The number of fused-ring (bicyclic) bond motifs is 8. The molecule has 2 saturated heterocycles. The molecule has 2 aromatic rings. The van der Waals surface area contributed by atoms with E-state index in [1.165, 1.54) is 19.1 Å². The van der Waals surface area contributed by atoms with Crippen LogP contribution >= 0.6 is 0 Å². The molecule has 7 rings (SSSR count). The minimum Gasteiger partial charge on any atom is -0.456 e. The number of aliphatic hydroxyl groups excluding tert-OH is 2. The summed E-state index contributed by atoms with van der Waals surface area (Å²) >= 11 is 0. The second-order valence-corrected chi connectivity index (χ2v) is 17.9. The van der Waals surface area contributed by atoms with Crippen LogP contribution < -0.4 is 5.32 Å². The van der Waals surface area contributed by atoms with E-state index in [9.17, 15) is 39.3 Å². The van der Waals surface area contributed by atoms with Gasteiger partial charge in [-0.25, -0.2) is 14.4 Å². The normalized spacial score (nSPS) is 35.0. The molecule has 2 aromatic carbocycles. The van der Waals surface area contributed by atoms with Gasteiger partial charge >= 0.3 is 24.0 Å². The van der Waals surface area contributed by atoms with Crippen molar-refractivity contribution in [1.29, 1.82) is 0 Å². The van der Waals surface area contributed by atoms with Gasteiger partial charge in [-0.05, 0) is 56.5 Å². The standard InChI is InChI=1S/C44H53NO15/c1-22-27(55-39(51)34(49)33(24-14-10-8-11-15-24)45-40(52)60-41(3,4)5)19-44(53)37(58-38(50)25-16-12-9-13-17-25)32-30(26(48)18-28-43(32,21-54-28)59-23(2)47)35-36(31(22)42(44,6)7)57-29(20-46)56-35/h8-17,20,26-30,32-37,48-49,53H,18-19,21H2,1-7H3,(H,45,52)/t26-,27-,28?,29?,30?,32+,33-,34+,35-,36+,37-,43-,44+/m0/s1. The molecule has 2 bridgehead atoms. The van der Waals surface area contributed by atoms with Crippen LogP contribution in [0, 0.1) is 17.3 Å². The fourth-order valence-corrected chi connectivity index (χ4v) is 10.1. The highest BCUT2D eigenvalue weighted by molar-refractivity contribution is 5.89. The molecule has 2 saturated carbocycles. The van der Waals surface area contributed by atoms with Gasteiger partial charge in [0, 0.05) is 31.1 Å². The molecule has 0 spiro atoms. The fourth-order valence-electron chi connectivity index (χ4n) is 10.1. The average Bonchev–Trinajstić information content (AvgIpc) is 3.59. The SMILES string of the molecule is CC(=O)O[C@@]12COC1C[C@H](O)C1[C@@H]2[C@H](OC(=O)c2ccccc2)[C@]2(O)C[C@H](OC(=O)[C@H](O)[C@@H](NC(=O)OC(C)(C)C)c3ccccc3)C(C)=C([C@H]3OC(C=O)O[C@@H]13)C2(C)C. The Labute approximate surface area is 347 Å². The van der Waals surface area contributed by atoms with Crippen LogP contribution in [0.5, 0.6) is 0 Å². The van der Waals surface area contributed by atoms with Crippen LogP contribution in [0.3, 0.4) is 0 Å². The van der Waals surface area contributed by atoms with Gasteiger partial charge in [-0.1, -0.05) is 62.4 Å². The molecular weight excluding hydrogens is 782 g/mol. The van der Waals surface area contributed by atoms with Crippen molar-refractivity contribution in [3.05, 3.63) is 82.9 Å². The van der Waals surface area contributed by atoms with E-state index in [4.69, 9.17) is 33.2 Å². The van der Waals surface area contributed by atoms with Gasteiger partial charge in [-0.3, -0.25) is 9.59 Å². The lowest BCUT2D eigenvalue weighted by molar-refractivity contribution is -0.342. The second-order valence-electron chi connectivity index (χ2n) is 17.9. The van der Waals surface area contributed by atoms with Crippen molar-refractivity contribution in [1.82, 2.24) is 5.32 Å². The number of nitrogens with one attached hydrogen (secondary N) is 1. The Morgan fingerprint density at radius 3 is 2.22 bits per heavy atom. The van der Waals surface area contributed by atoms with E-state index in [1.54, 1.807) is 90.1 Å². The van der Waals surface area contributed by atoms with Gasteiger partial charge in [0.1, 0.15) is 35.6 Å². The van der Waals surface area contributed by atoms with Gasteiger partial charge in [0.25, 0.3) is 0 Å². The molecule has 4 fully saturated rings. The molecule has 0 radical (unpaired) electrons. The third-order valence-electron chi connectivity index (χ3n) is 12.8. The first-order valence-electron chi connectivity index (χ1n) is 20.1. The van der Waals surface area contributed by atoms with Crippen molar-refractivity contribution in [3.63, 3.8) is 0 Å². The number of carbonyl (C=O) groups is 5. The van der Waals surface area contributed by atoms with E-state index >= 15 is 0 Å². The van der Waals surface area contributed by atoms with Crippen molar-refractivity contribution in [2.45, 2.75) is 133 Å². The highest BCUT2D eigenvalue weighted by Gasteiger charge is 2.75. The predicted octanol–water partition coefficient (Wildman–Crippen LogP) is 3.25. The Kier molecular flexibility index (Phi) is 11.5. The summed E-state index contributed by atoms with van der Waals surface area (Å²) in [6, 6.07) is 15.0. The lowest BCUT2D eigenvalue weighted by Crippen LogP contribution is -2.79. The van der Waals surface area contributed by atoms with E-state index in [0.29, 0.717) is 23.0 Å². The Morgan fingerprint density at radius 2 is 1.63 bits per heavy atom. The summed E-state index contributed by atoms with van der Waals surface area (Å²) in [5.41, 5.74) is -4.93. The lowest BCUT2D eigenvalue weighted by Gasteiger charge is -2.65. The van der Waals surface area contributed by atoms with E-state index in [1.807, 2.05) is 0 Å². The van der Waals surface area contributed by atoms with Crippen LogP contribution in [0.1, 0.15) is 83.3 Å². The van der Waals surface area contributed by atoms with Gasteiger partial charge in [0.2, 0.25) is 6.29 Å². The molecule has 16 heteroatoms. The van der Waals surface area contributed by atoms with Crippen LogP contribution in [0.25, 0.3) is 0 Å². The maximum Gasteiger partial charge on any atom is 0.408 e. The number of aldehydes is 1. The first kappa shape index (κ1) is 43.4. The summed E-state index contributed by atoms with van der Waals surface area (Å²) in [5.74, 6) is -5.05. The summed E-state index contributed by atoms with van der Waals surface area (Å²) < 4.78 is 42.6. The number of esters is 3. The van der Waals surface area contributed by atoms with Crippen LogP contribution in [0.2, 0.25) is 0 Å². The number of hydrogen-bond donors (Lipinski definition) is 4. The van der Waals surface area contributed by atoms with Crippen molar-refractivity contribution < 1.29 is 72.5 Å². The third-order valence-corrected chi connectivity index (χ3v) is 12.8. The van der Waals surface area contributed by atoms with Crippen molar-refractivity contribution in [2.24, 2.45) is 17.3 Å². The van der Waals surface area contributed by atoms with Gasteiger partial charge in [-0.2, -0.15) is 0 Å². The summed E-state index contributed by atoms with van der Waals surface area (Å²) in [6.07, 6.45) is -11.8. The molecule has 60 heavy (non-hydrogen) atoms. The fraction of sp³-hybridized carbons (Fsp3) is 0.568. The van der Waals surface area contributed by atoms with Gasteiger partial charge in [-0.15, -0.1) is 0 Å². The molecule has 3 unspecified atom stereocenters. The van der Waals surface area contributed by atoms with Crippen LogP contribution in [0.15, 0.2) is 71.8 Å². The number of rotatable bonds is 9. The highest BCUT2D eigenvalue weighted by atomic mass is 16.7. The zero-order chi connectivity index (χ0) is 43.5. The van der Waals surface area contributed by atoms with Crippen molar-refractivity contribution in [2.75, 3.05) is 6.61 Å². The van der Waals surface area contributed by atoms with Crippen LogP contribution in [0.4, 0.5) is 4.79 Å². The van der Waals surface area contributed by atoms with E-state index < -0.39 is 120 Å². The summed E-state index contributed by atoms with van der Waals surface area (Å²) in [5, 5.41) is 39.9.